The van der Waals surface area contributed by atoms with Crippen LogP contribution < -0.4 is 5.32 Å². The van der Waals surface area contributed by atoms with Gasteiger partial charge < -0.3 is 5.32 Å². The van der Waals surface area contributed by atoms with E-state index in [1.54, 1.807) is 6.07 Å². The number of hydrogen-bond donors (Lipinski definition) is 1. The van der Waals surface area contributed by atoms with Crippen molar-refractivity contribution in [1.29, 1.82) is 0 Å². The first-order chi connectivity index (χ1) is 8.13. The summed E-state index contributed by atoms with van der Waals surface area (Å²) in [7, 11) is 0. The second kappa shape index (κ2) is 5.26. The Balaban J connectivity index is 3.04. The van der Waals surface area contributed by atoms with E-state index in [1.807, 2.05) is 20.8 Å². The summed E-state index contributed by atoms with van der Waals surface area (Å²) in [6.07, 6.45) is -4.30. The summed E-state index contributed by atoms with van der Waals surface area (Å²) < 4.78 is 38.2. The number of rotatable bonds is 4. The maximum atomic E-state index is 12.4. The van der Waals surface area contributed by atoms with Crippen molar-refractivity contribution in [3.05, 3.63) is 11.8 Å². The molecule has 0 bridgehead atoms. The van der Waals surface area contributed by atoms with Crippen LogP contribution in [0.4, 0.5) is 19.0 Å². The highest BCUT2D eigenvalue weighted by Gasteiger charge is 2.31. The van der Waals surface area contributed by atoms with E-state index >= 15 is 0 Å². The van der Waals surface area contributed by atoms with Crippen LogP contribution in [-0.2, 0) is 12.0 Å². The minimum Gasteiger partial charge on any atom is -0.366 e. The fraction of sp³-hybridized carbons (Fsp3) is 0.636. The number of thiocarbonyl (C=S) groups is 1. The number of anilines is 1. The SMILES string of the molecule is CC(C)(C)c1cc(NCC=S)n(CC(F)(F)F)n1. The highest BCUT2D eigenvalue weighted by molar-refractivity contribution is 7.79. The van der Waals surface area contributed by atoms with Gasteiger partial charge in [-0.3, -0.25) is 0 Å². The van der Waals surface area contributed by atoms with E-state index in [0.717, 1.165) is 4.68 Å². The molecular formula is C11H16F3N3S. The molecule has 0 fully saturated rings. The third kappa shape index (κ3) is 4.29. The van der Waals surface area contributed by atoms with Crippen LogP contribution in [0.25, 0.3) is 0 Å². The van der Waals surface area contributed by atoms with E-state index in [4.69, 9.17) is 0 Å². The van der Waals surface area contributed by atoms with E-state index in [9.17, 15) is 13.2 Å². The molecule has 1 aromatic rings. The number of halogens is 3. The number of nitrogens with one attached hydrogen (secondary N) is 1. The summed E-state index contributed by atoms with van der Waals surface area (Å²) in [6, 6.07) is 1.63. The summed E-state index contributed by atoms with van der Waals surface area (Å²) in [5.41, 5.74) is 0.309. The molecule has 0 radical (unpaired) electrons. The smallest absolute Gasteiger partial charge is 0.366 e. The van der Waals surface area contributed by atoms with Gasteiger partial charge in [-0.05, 0) is 5.37 Å². The van der Waals surface area contributed by atoms with E-state index < -0.39 is 12.7 Å². The molecule has 1 N–H and O–H groups in total. The maximum absolute atomic E-state index is 12.4. The van der Waals surface area contributed by atoms with Crippen LogP contribution in [0.2, 0.25) is 0 Å². The molecule has 0 aliphatic carbocycles. The Kier molecular flexibility index (Phi) is 4.37. The first-order valence-electron chi connectivity index (χ1n) is 5.46. The number of nitrogens with zero attached hydrogens (tertiary/aromatic N) is 2. The van der Waals surface area contributed by atoms with Gasteiger partial charge in [-0.2, -0.15) is 18.3 Å². The Morgan fingerprint density at radius 1 is 1.39 bits per heavy atom. The van der Waals surface area contributed by atoms with Crippen molar-refractivity contribution >= 4 is 23.4 Å². The van der Waals surface area contributed by atoms with Crippen molar-refractivity contribution in [1.82, 2.24) is 9.78 Å². The zero-order chi connectivity index (χ0) is 14.0. The van der Waals surface area contributed by atoms with Gasteiger partial charge in [0.2, 0.25) is 0 Å². The van der Waals surface area contributed by atoms with Crippen LogP contribution in [0.1, 0.15) is 26.5 Å². The van der Waals surface area contributed by atoms with Gasteiger partial charge in [0.15, 0.2) is 0 Å². The Morgan fingerprint density at radius 2 is 2.00 bits per heavy atom. The summed E-state index contributed by atoms with van der Waals surface area (Å²) in [5, 5.41) is 8.24. The minimum atomic E-state index is -4.30. The molecule has 3 nitrogen and oxygen atoms in total. The Bertz CT molecular complexity index is 418. The van der Waals surface area contributed by atoms with Gasteiger partial charge in [0.25, 0.3) is 0 Å². The lowest BCUT2D eigenvalue weighted by molar-refractivity contribution is -0.142. The Morgan fingerprint density at radius 3 is 2.44 bits per heavy atom. The molecule has 0 aliphatic rings. The van der Waals surface area contributed by atoms with Crippen molar-refractivity contribution < 1.29 is 13.2 Å². The van der Waals surface area contributed by atoms with Crippen LogP contribution in [0, 0.1) is 0 Å². The third-order valence-corrected chi connectivity index (χ3v) is 2.41. The van der Waals surface area contributed by atoms with Gasteiger partial charge in [0.05, 0.1) is 5.69 Å². The van der Waals surface area contributed by atoms with Crippen LogP contribution in [0.15, 0.2) is 6.07 Å². The molecule has 0 unspecified atom stereocenters. The summed E-state index contributed by atoms with van der Waals surface area (Å²) in [4.78, 5) is 0. The third-order valence-electron chi connectivity index (χ3n) is 2.24. The second-order valence-corrected chi connectivity index (χ2v) is 5.32. The van der Waals surface area contributed by atoms with Crippen LogP contribution in [-0.4, -0.2) is 27.9 Å². The zero-order valence-electron chi connectivity index (χ0n) is 10.5. The molecule has 18 heavy (non-hydrogen) atoms. The summed E-state index contributed by atoms with van der Waals surface area (Å²) >= 11 is 4.64. The second-order valence-electron chi connectivity index (χ2n) is 4.99. The molecule has 7 heteroatoms. The van der Waals surface area contributed by atoms with E-state index in [1.165, 1.54) is 5.37 Å². The Labute approximate surface area is 109 Å². The quantitative estimate of drug-likeness (QED) is 0.859. The van der Waals surface area contributed by atoms with E-state index in [0.29, 0.717) is 18.1 Å². The summed E-state index contributed by atoms with van der Waals surface area (Å²) in [5.74, 6) is 0.332. The van der Waals surface area contributed by atoms with Crippen LogP contribution >= 0.6 is 12.2 Å². The predicted octanol–water partition coefficient (Wildman–Crippen LogP) is 3.15. The Hall–Kier alpha value is -1.11. The first kappa shape index (κ1) is 14.9. The van der Waals surface area contributed by atoms with Gasteiger partial charge in [0.1, 0.15) is 12.4 Å². The molecule has 0 atom stereocenters. The molecule has 0 amide bonds. The minimum absolute atomic E-state index is 0.301. The lowest BCUT2D eigenvalue weighted by atomic mass is 9.92. The molecule has 0 saturated carbocycles. The zero-order valence-corrected chi connectivity index (χ0v) is 11.3. The molecule has 0 spiro atoms. The van der Waals surface area contributed by atoms with Crippen LogP contribution in [0.3, 0.4) is 0 Å². The lowest BCUT2D eigenvalue weighted by Crippen LogP contribution is -2.21. The fourth-order valence-electron chi connectivity index (χ4n) is 1.36. The van der Waals surface area contributed by atoms with Crippen molar-refractivity contribution in [3.8, 4) is 0 Å². The highest BCUT2D eigenvalue weighted by Crippen LogP contribution is 2.26. The molecule has 0 saturated heterocycles. The van der Waals surface area contributed by atoms with Crippen LogP contribution in [0.5, 0.6) is 0 Å². The van der Waals surface area contributed by atoms with E-state index in [2.05, 4.69) is 22.6 Å². The van der Waals surface area contributed by atoms with Crippen molar-refractivity contribution in [3.63, 3.8) is 0 Å². The number of aromatic nitrogens is 2. The molecule has 1 rings (SSSR count). The molecule has 1 heterocycles. The topological polar surface area (TPSA) is 29.9 Å². The molecular weight excluding hydrogens is 263 g/mol. The average molecular weight is 279 g/mol. The molecule has 102 valence electrons. The van der Waals surface area contributed by atoms with Gasteiger partial charge in [-0.1, -0.05) is 33.0 Å². The number of hydrogen-bond acceptors (Lipinski definition) is 3. The predicted molar refractivity (Wildman–Crippen MR) is 69.1 cm³/mol. The van der Waals surface area contributed by atoms with Gasteiger partial charge >= 0.3 is 6.18 Å². The van der Waals surface area contributed by atoms with Gasteiger partial charge in [-0.25, -0.2) is 4.68 Å². The monoisotopic (exact) mass is 279 g/mol. The van der Waals surface area contributed by atoms with Gasteiger partial charge in [-0.15, -0.1) is 0 Å². The van der Waals surface area contributed by atoms with Crippen molar-refractivity contribution in [2.75, 3.05) is 11.9 Å². The standard InChI is InChI=1S/C11H16F3N3S/c1-10(2,3)8-6-9(15-4-5-18)17(16-8)7-11(12,13)14/h5-6,15H,4,7H2,1-3H3. The molecule has 0 aliphatic heterocycles. The fourth-order valence-corrected chi connectivity index (χ4v) is 1.45. The highest BCUT2D eigenvalue weighted by atomic mass is 32.1. The molecule has 1 aromatic heterocycles. The maximum Gasteiger partial charge on any atom is 0.408 e. The number of alkyl halides is 3. The van der Waals surface area contributed by atoms with E-state index in [-0.39, 0.29) is 5.41 Å². The first-order valence-corrected chi connectivity index (χ1v) is 5.93. The molecule has 0 aromatic carbocycles. The lowest BCUT2D eigenvalue weighted by Gasteiger charge is -2.14. The average Bonchev–Trinajstić information content (AvgIpc) is 2.55. The normalized spacial score (nSPS) is 12.6. The summed E-state index contributed by atoms with van der Waals surface area (Å²) in [6.45, 7) is 4.91. The van der Waals surface area contributed by atoms with Crippen molar-refractivity contribution in [2.24, 2.45) is 0 Å². The van der Waals surface area contributed by atoms with Crippen molar-refractivity contribution in [2.45, 2.75) is 38.9 Å². The largest absolute Gasteiger partial charge is 0.408 e. The van der Waals surface area contributed by atoms with Gasteiger partial charge in [0, 0.05) is 18.0 Å².